The third-order valence-corrected chi connectivity index (χ3v) is 3.56. The molecule has 18 heavy (non-hydrogen) atoms. The average Bonchev–Trinajstić information content (AvgIpc) is 2.89. The van der Waals surface area contributed by atoms with Crippen molar-refractivity contribution in [2.24, 2.45) is 11.1 Å². The topological polar surface area (TPSA) is 75.4 Å². The van der Waals surface area contributed by atoms with Crippen LogP contribution < -0.4 is 11.1 Å². The number of nitrogens with two attached hydrogens (primary N) is 1. The number of carbonyl (C=O) groups is 1. The van der Waals surface area contributed by atoms with Gasteiger partial charge < -0.3 is 16.2 Å². The molecule has 1 saturated carbocycles. The summed E-state index contributed by atoms with van der Waals surface area (Å²) in [5.41, 5.74) is 7.04. The van der Waals surface area contributed by atoms with Gasteiger partial charge in [0.25, 0.3) is 0 Å². The van der Waals surface area contributed by atoms with Crippen molar-refractivity contribution in [2.75, 3.05) is 0 Å². The molecular formula is C14H20N2O2. The first kappa shape index (κ1) is 12.9. The molecule has 4 nitrogen and oxygen atoms in total. The minimum atomic E-state index is -0.536. The lowest BCUT2D eigenvalue weighted by atomic mass is 10.1. The number of phenols is 1. The maximum Gasteiger partial charge on any atom is 0.237 e. The van der Waals surface area contributed by atoms with Crippen molar-refractivity contribution in [3.63, 3.8) is 0 Å². The first-order valence-electron chi connectivity index (χ1n) is 6.22. The van der Waals surface area contributed by atoms with E-state index in [4.69, 9.17) is 5.73 Å². The van der Waals surface area contributed by atoms with Crippen LogP contribution in [0.25, 0.3) is 0 Å². The lowest BCUT2D eigenvalue weighted by Crippen LogP contribution is -2.43. The van der Waals surface area contributed by atoms with Crippen LogP contribution in [0.3, 0.4) is 0 Å². The van der Waals surface area contributed by atoms with E-state index in [1.54, 1.807) is 24.3 Å². The second kappa shape index (κ2) is 4.61. The minimum absolute atomic E-state index is 0.0985. The SMILES string of the molecule is CC1(C)CC1NC(=O)[C@H](N)Cc1ccc(O)cc1. The van der Waals surface area contributed by atoms with E-state index in [9.17, 15) is 9.90 Å². The summed E-state index contributed by atoms with van der Waals surface area (Å²) in [7, 11) is 0. The van der Waals surface area contributed by atoms with Crippen molar-refractivity contribution in [3.05, 3.63) is 29.8 Å². The molecule has 4 N–H and O–H groups in total. The molecule has 2 atom stereocenters. The third kappa shape index (κ3) is 3.01. The Balaban J connectivity index is 1.86. The lowest BCUT2D eigenvalue weighted by Gasteiger charge is -2.13. The molecule has 0 heterocycles. The molecule has 0 radical (unpaired) electrons. The molecule has 1 aliphatic rings. The van der Waals surface area contributed by atoms with Gasteiger partial charge in [0.05, 0.1) is 6.04 Å². The minimum Gasteiger partial charge on any atom is -0.508 e. The van der Waals surface area contributed by atoms with Gasteiger partial charge in [-0.3, -0.25) is 4.79 Å². The van der Waals surface area contributed by atoms with Gasteiger partial charge in [-0.1, -0.05) is 26.0 Å². The highest BCUT2D eigenvalue weighted by atomic mass is 16.3. The molecule has 1 aliphatic carbocycles. The molecule has 0 spiro atoms. The van der Waals surface area contributed by atoms with Crippen molar-refractivity contribution >= 4 is 5.91 Å². The molecule has 4 heteroatoms. The number of amides is 1. The monoisotopic (exact) mass is 248 g/mol. The van der Waals surface area contributed by atoms with E-state index in [-0.39, 0.29) is 23.1 Å². The van der Waals surface area contributed by atoms with Gasteiger partial charge in [0, 0.05) is 6.04 Å². The van der Waals surface area contributed by atoms with E-state index < -0.39 is 6.04 Å². The van der Waals surface area contributed by atoms with E-state index in [1.807, 2.05) is 0 Å². The van der Waals surface area contributed by atoms with Crippen molar-refractivity contribution < 1.29 is 9.90 Å². The summed E-state index contributed by atoms with van der Waals surface area (Å²) in [6.45, 7) is 4.26. The van der Waals surface area contributed by atoms with Crippen LogP contribution in [-0.4, -0.2) is 23.1 Å². The van der Waals surface area contributed by atoms with Crippen LogP contribution in [0.5, 0.6) is 5.75 Å². The number of carbonyl (C=O) groups excluding carboxylic acids is 1. The van der Waals surface area contributed by atoms with Crippen LogP contribution in [0, 0.1) is 5.41 Å². The molecule has 0 saturated heterocycles. The number of hydrogen-bond acceptors (Lipinski definition) is 3. The van der Waals surface area contributed by atoms with E-state index >= 15 is 0 Å². The molecule has 98 valence electrons. The van der Waals surface area contributed by atoms with Crippen LogP contribution in [0.15, 0.2) is 24.3 Å². The Labute approximate surface area is 107 Å². The molecule has 2 rings (SSSR count). The van der Waals surface area contributed by atoms with E-state index in [1.165, 1.54) is 0 Å². The highest BCUT2D eigenvalue weighted by Gasteiger charge is 2.46. The van der Waals surface area contributed by atoms with Crippen LogP contribution in [0.1, 0.15) is 25.8 Å². The van der Waals surface area contributed by atoms with Gasteiger partial charge in [0.15, 0.2) is 0 Å². The Kier molecular flexibility index (Phi) is 3.30. The first-order chi connectivity index (χ1) is 8.38. The molecule has 0 aliphatic heterocycles. The summed E-state index contributed by atoms with van der Waals surface area (Å²) >= 11 is 0. The number of rotatable bonds is 4. The Morgan fingerprint density at radius 3 is 2.56 bits per heavy atom. The highest BCUT2D eigenvalue weighted by molar-refractivity contribution is 5.82. The maximum absolute atomic E-state index is 11.9. The molecular weight excluding hydrogens is 228 g/mol. The largest absolute Gasteiger partial charge is 0.508 e. The molecule has 1 fully saturated rings. The van der Waals surface area contributed by atoms with Crippen molar-refractivity contribution in [2.45, 2.75) is 38.8 Å². The quantitative estimate of drug-likeness (QED) is 0.749. The summed E-state index contributed by atoms with van der Waals surface area (Å²) in [5, 5.41) is 12.1. The van der Waals surface area contributed by atoms with Gasteiger partial charge in [-0.25, -0.2) is 0 Å². The highest BCUT2D eigenvalue weighted by Crippen LogP contribution is 2.44. The Morgan fingerprint density at radius 2 is 2.06 bits per heavy atom. The zero-order valence-corrected chi connectivity index (χ0v) is 10.8. The van der Waals surface area contributed by atoms with Crippen molar-refractivity contribution in [3.8, 4) is 5.75 Å². The smallest absolute Gasteiger partial charge is 0.237 e. The van der Waals surface area contributed by atoms with Crippen LogP contribution in [0.4, 0.5) is 0 Å². The molecule has 0 bridgehead atoms. The zero-order chi connectivity index (χ0) is 13.3. The number of phenolic OH excluding ortho intramolecular Hbond substituents is 1. The summed E-state index contributed by atoms with van der Waals surface area (Å²) in [4.78, 5) is 11.9. The van der Waals surface area contributed by atoms with E-state index in [0.29, 0.717) is 6.42 Å². The third-order valence-electron chi connectivity index (χ3n) is 3.56. The van der Waals surface area contributed by atoms with Crippen molar-refractivity contribution in [1.82, 2.24) is 5.32 Å². The van der Waals surface area contributed by atoms with Gasteiger partial charge in [-0.15, -0.1) is 0 Å². The summed E-state index contributed by atoms with van der Waals surface area (Å²) in [6.07, 6.45) is 1.50. The molecule has 1 aromatic rings. The van der Waals surface area contributed by atoms with E-state index in [0.717, 1.165) is 12.0 Å². The molecule has 1 unspecified atom stereocenters. The van der Waals surface area contributed by atoms with Crippen LogP contribution in [-0.2, 0) is 11.2 Å². The second-order valence-corrected chi connectivity index (χ2v) is 5.73. The lowest BCUT2D eigenvalue weighted by molar-refractivity contribution is -0.122. The Morgan fingerprint density at radius 1 is 1.50 bits per heavy atom. The Bertz CT molecular complexity index is 440. The maximum atomic E-state index is 11.9. The zero-order valence-electron chi connectivity index (χ0n) is 10.8. The molecule has 1 amide bonds. The van der Waals surface area contributed by atoms with Crippen LogP contribution in [0.2, 0.25) is 0 Å². The number of nitrogens with one attached hydrogen (secondary N) is 1. The van der Waals surface area contributed by atoms with E-state index in [2.05, 4.69) is 19.2 Å². The number of hydrogen-bond donors (Lipinski definition) is 3. The van der Waals surface area contributed by atoms with Gasteiger partial charge in [0.2, 0.25) is 5.91 Å². The van der Waals surface area contributed by atoms with Gasteiger partial charge in [-0.2, -0.15) is 0 Å². The fraction of sp³-hybridized carbons (Fsp3) is 0.500. The average molecular weight is 248 g/mol. The van der Waals surface area contributed by atoms with Gasteiger partial charge in [0.1, 0.15) is 5.75 Å². The van der Waals surface area contributed by atoms with Gasteiger partial charge in [-0.05, 0) is 36.0 Å². The number of aromatic hydroxyl groups is 1. The normalized spacial score (nSPS) is 22.3. The summed E-state index contributed by atoms with van der Waals surface area (Å²) < 4.78 is 0. The predicted octanol–water partition coefficient (Wildman–Crippen LogP) is 1.18. The first-order valence-corrected chi connectivity index (χ1v) is 6.22. The number of benzene rings is 1. The summed E-state index contributed by atoms with van der Waals surface area (Å²) in [6, 6.07) is 6.49. The predicted molar refractivity (Wildman–Crippen MR) is 70.1 cm³/mol. The van der Waals surface area contributed by atoms with Crippen LogP contribution >= 0.6 is 0 Å². The van der Waals surface area contributed by atoms with Crippen molar-refractivity contribution in [1.29, 1.82) is 0 Å². The summed E-state index contributed by atoms with van der Waals surface area (Å²) in [5.74, 6) is 0.121. The molecule has 1 aromatic carbocycles. The standard InChI is InChI=1S/C14H20N2O2/c1-14(2)8-12(14)16-13(18)11(15)7-9-3-5-10(17)6-4-9/h3-6,11-12,17H,7-8,15H2,1-2H3,(H,16,18)/t11-,12?/m1/s1. The second-order valence-electron chi connectivity index (χ2n) is 5.73. The Hall–Kier alpha value is -1.55. The fourth-order valence-electron chi connectivity index (χ4n) is 1.97. The van der Waals surface area contributed by atoms with Gasteiger partial charge >= 0.3 is 0 Å². The fourth-order valence-corrected chi connectivity index (χ4v) is 1.97. The molecule has 0 aromatic heterocycles.